The number of hydrogen-bond acceptors (Lipinski definition) is 6. The van der Waals surface area contributed by atoms with Gasteiger partial charge in [0.1, 0.15) is 12.4 Å². The van der Waals surface area contributed by atoms with Gasteiger partial charge in [-0.05, 0) is 49.4 Å². The fourth-order valence-electron chi connectivity index (χ4n) is 3.98. The van der Waals surface area contributed by atoms with Crippen LogP contribution in [0.3, 0.4) is 0 Å². The largest absolute Gasteiger partial charge is 0.488 e. The fourth-order valence-corrected chi connectivity index (χ4v) is 4.16. The van der Waals surface area contributed by atoms with E-state index in [1.54, 1.807) is 48.5 Å². The van der Waals surface area contributed by atoms with Crippen LogP contribution >= 0.6 is 11.6 Å². The van der Waals surface area contributed by atoms with E-state index in [2.05, 4.69) is 5.32 Å². The molecule has 0 fully saturated rings. The number of ether oxygens (including phenoxy) is 2. The maximum Gasteiger partial charge on any atom is 0.338 e. The Morgan fingerprint density at radius 2 is 1.63 bits per heavy atom. The van der Waals surface area contributed by atoms with Gasteiger partial charge >= 0.3 is 5.97 Å². The lowest BCUT2D eigenvalue weighted by molar-refractivity contribution is -0.149. The SMILES string of the molecule is CC(OC(=O)C1=Cc2cc(Cl)ccc2OC1)C(=O)Nc1ccc2c(c1)C(=O)c1ccccc1C2=O. The predicted octanol–water partition coefficient (Wildman–Crippen LogP) is 4.46. The van der Waals surface area contributed by atoms with E-state index >= 15 is 0 Å². The van der Waals surface area contributed by atoms with E-state index in [0.29, 0.717) is 33.1 Å². The van der Waals surface area contributed by atoms with Crippen molar-refractivity contribution in [1.29, 1.82) is 0 Å². The maximum atomic E-state index is 12.9. The molecular formula is C27H18ClNO6. The summed E-state index contributed by atoms with van der Waals surface area (Å²) in [5.41, 5.74) is 2.35. The first kappa shape index (κ1) is 22.6. The van der Waals surface area contributed by atoms with Gasteiger partial charge in [-0.1, -0.05) is 35.9 Å². The average molecular weight is 488 g/mol. The highest BCUT2D eigenvalue weighted by Crippen LogP contribution is 2.30. The fraction of sp³-hybridized carbons (Fsp3) is 0.111. The molecule has 1 heterocycles. The van der Waals surface area contributed by atoms with E-state index in [0.717, 1.165) is 0 Å². The molecule has 0 saturated heterocycles. The molecule has 7 nitrogen and oxygen atoms in total. The zero-order valence-electron chi connectivity index (χ0n) is 18.5. The zero-order valence-corrected chi connectivity index (χ0v) is 19.2. The van der Waals surface area contributed by atoms with Gasteiger partial charge in [-0.2, -0.15) is 0 Å². The standard InChI is InChI=1S/C27H18ClNO6/c1-14(35-27(33)16-10-15-11-17(28)6-9-23(15)34-13-16)26(32)29-18-7-8-21-22(12-18)25(31)20-5-3-2-4-19(20)24(21)30/h2-12,14H,13H2,1H3,(H,29,32). The van der Waals surface area contributed by atoms with Crippen LogP contribution in [0.2, 0.25) is 5.02 Å². The van der Waals surface area contributed by atoms with Crippen LogP contribution in [0.15, 0.2) is 66.2 Å². The summed E-state index contributed by atoms with van der Waals surface area (Å²) in [5.74, 6) is -1.23. The molecule has 3 aromatic carbocycles. The number of fused-ring (bicyclic) bond motifs is 3. The van der Waals surface area contributed by atoms with Crippen molar-refractivity contribution in [3.63, 3.8) is 0 Å². The van der Waals surface area contributed by atoms with E-state index in [1.165, 1.54) is 25.1 Å². The summed E-state index contributed by atoms with van der Waals surface area (Å²) in [4.78, 5) is 50.9. The number of anilines is 1. The molecule has 1 N–H and O–H groups in total. The third kappa shape index (κ3) is 4.22. The Balaban J connectivity index is 1.28. The van der Waals surface area contributed by atoms with Crippen molar-refractivity contribution in [2.45, 2.75) is 13.0 Å². The monoisotopic (exact) mass is 487 g/mol. The van der Waals surface area contributed by atoms with Crippen LogP contribution in [0.25, 0.3) is 6.08 Å². The molecule has 0 bridgehead atoms. The van der Waals surface area contributed by atoms with E-state index in [4.69, 9.17) is 21.1 Å². The first-order valence-electron chi connectivity index (χ1n) is 10.8. The number of amides is 1. The number of carbonyl (C=O) groups excluding carboxylic acids is 4. The van der Waals surface area contributed by atoms with Crippen LogP contribution in [0, 0.1) is 0 Å². The molecule has 2 aliphatic rings. The van der Waals surface area contributed by atoms with Crippen LogP contribution in [0.5, 0.6) is 5.75 Å². The number of carbonyl (C=O) groups is 4. The maximum absolute atomic E-state index is 12.9. The van der Waals surface area contributed by atoms with Crippen LogP contribution in [0.1, 0.15) is 44.3 Å². The summed E-state index contributed by atoms with van der Waals surface area (Å²) < 4.78 is 10.9. The highest BCUT2D eigenvalue weighted by atomic mass is 35.5. The summed E-state index contributed by atoms with van der Waals surface area (Å²) >= 11 is 6.00. The molecule has 1 aliphatic carbocycles. The molecule has 1 atom stereocenters. The van der Waals surface area contributed by atoms with Crippen LogP contribution in [0.4, 0.5) is 5.69 Å². The molecule has 3 aromatic rings. The molecule has 174 valence electrons. The highest BCUT2D eigenvalue weighted by Gasteiger charge is 2.30. The normalized spacial score (nSPS) is 14.5. The average Bonchev–Trinajstić information content (AvgIpc) is 2.86. The van der Waals surface area contributed by atoms with Gasteiger partial charge in [-0.25, -0.2) is 4.79 Å². The Morgan fingerprint density at radius 3 is 2.37 bits per heavy atom. The van der Waals surface area contributed by atoms with Crippen molar-refractivity contribution in [2.75, 3.05) is 11.9 Å². The third-order valence-corrected chi connectivity index (χ3v) is 6.03. The van der Waals surface area contributed by atoms with E-state index in [9.17, 15) is 19.2 Å². The Kier molecular flexibility index (Phi) is 5.70. The van der Waals surface area contributed by atoms with Crippen LogP contribution in [-0.2, 0) is 14.3 Å². The second kappa shape index (κ2) is 8.85. The van der Waals surface area contributed by atoms with E-state index < -0.39 is 18.0 Å². The highest BCUT2D eigenvalue weighted by molar-refractivity contribution is 6.31. The molecule has 1 unspecified atom stereocenters. The quantitative estimate of drug-likeness (QED) is 0.427. The molecule has 0 saturated carbocycles. The minimum atomic E-state index is -1.13. The molecule has 0 spiro atoms. The van der Waals surface area contributed by atoms with Crippen molar-refractivity contribution in [2.24, 2.45) is 0 Å². The molecular weight excluding hydrogens is 470 g/mol. The lowest BCUT2D eigenvalue weighted by Crippen LogP contribution is -2.31. The molecule has 35 heavy (non-hydrogen) atoms. The molecule has 0 aromatic heterocycles. The summed E-state index contributed by atoms with van der Waals surface area (Å²) in [7, 11) is 0. The summed E-state index contributed by atoms with van der Waals surface area (Å²) in [6.07, 6.45) is 0.486. The summed E-state index contributed by atoms with van der Waals surface area (Å²) in [5, 5.41) is 3.13. The Labute approximate surface area is 205 Å². The molecule has 0 radical (unpaired) electrons. The van der Waals surface area contributed by atoms with Gasteiger partial charge in [0.2, 0.25) is 0 Å². The Morgan fingerprint density at radius 1 is 0.943 bits per heavy atom. The molecule has 1 aliphatic heterocycles. The van der Waals surface area contributed by atoms with Gasteiger partial charge in [0.15, 0.2) is 17.7 Å². The van der Waals surface area contributed by atoms with Crippen molar-refractivity contribution >= 4 is 46.8 Å². The van der Waals surface area contributed by atoms with E-state index in [1.807, 2.05) is 0 Å². The summed E-state index contributed by atoms with van der Waals surface area (Å²) in [6, 6.07) is 16.2. The lowest BCUT2D eigenvalue weighted by Gasteiger charge is -2.20. The van der Waals surface area contributed by atoms with Gasteiger partial charge < -0.3 is 14.8 Å². The second-order valence-corrected chi connectivity index (χ2v) is 8.58. The first-order chi connectivity index (χ1) is 16.8. The van der Waals surface area contributed by atoms with E-state index in [-0.39, 0.29) is 34.9 Å². The zero-order chi connectivity index (χ0) is 24.7. The Hall–Kier alpha value is -4.23. The van der Waals surface area contributed by atoms with Gasteiger partial charge in [0.05, 0.1) is 5.57 Å². The molecule has 8 heteroatoms. The number of nitrogens with one attached hydrogen (secondary N) is 1. The molecule has 1 amide bonds. The number of benzene rings is 3. The van der Waals surface area contributed by atoms with Crippen molar-refractivity contribution < 1.29 is 28.7 Å². The van der Waals surface area contributed by atoms with Gasteiger partial charge in [0, 0.05) is 38.5 Å². The Bertz CT molecular complexity index is 1460. The van der Waals surface area contributed by atoms with Crippen molar-refractivity contribution in [1.82, 2.24) is 0 Å². The third-order valence-electron chi connectivity index (χ3n) is 5.79. The number of ketones is 2. The van der Waals surface area contributed by atoms with Gasteiger partial charge in [0.25, 0.3) is 5.91 Å². The van der Waals surface area contributed by atoms with Crippen molar-refractivity contribution in [3.05, 3.63) is 99.1 Å². The smallest absolute Gasteiger partial charge is 0.338 e. The minimum Gasteiger partial charge on any atom is -0.488 e. The molecule has 5 rings (SSSR count). The predicted molar refractivity (Wildman–Crippen MR) is 129 cm³/mol. The van der Waals surface area contributed by atoms with Gasteiger partial charge in [-0.3, -0.25) is 14.4 Å². The number of hydrogen-bond donors (Lipinski definition) is 1. The number of rotatable bonds is 4. The number of halogens is 1. The minimum absolute atomic E-state index is 0.00421. The first-order valence-corrected chi connectivity index (χ1v) is 11.2. The van der Waals surface area contributed by atoms with Crippen molar-refractivity contribution in [3.8, 4) is 5.75 Å². The summed E-state index contributed by atoms with van der Waals surface area (Å²) in [6.45, 7) is 1.44. The van der Waals surface area contributed by atoms with Gasteiger partial charge in [-0.15, -0.1) is 0 Å². The number of esters is 1. The van der Waals surface area contributed by atoms with Crippen LogP contribution < -0.4 is 10.1 Å². The lowest BCUT2D eigenvalue weighted by atomic mass is 9.84. The van der Waals surface area contributed by atoms with Crippen LogP contribution in [-0.4, -0.2) is 36.2 Å². The second-order valence-electron chi connectivity index (χ2n) is 8.14. The topological polar surface area (TPSA) is 98.8 Å².